The van der Waals surface area contributed by atoms with Gasteiger partial charge < -0.3 is 15.0 Å². The van der Waals surface area contributed by atoms with E-state index in [4.69, 9.17) is 10.5 Å². The molecule has 0 aliphatic carbocycles. The summed E-state index contributed by atoms with van der Waals surface area (Å²) in [5.41, 5.74) is 11.9. The second-order valence-electron chi connectivity index (χ2n) is 7.22. The number of ether oxygens (including phenoxy) is 1. The molecule has 1 aromatic heterocycles. The van der Waals surface area contributed by atoms with Gasteiger partial charge in [-0.25, -0.2) is 0 Å². The second-order valence-corrected chi connectivity index (χ2v) is 7.22. The van der Waals surface area contributed by atoms with Crippen molar-refractivity contribution in [3.8, 4) is 17.2 Å². The van der Waals surface area contributed by atoms with Gasteiger partial charge in [-0.15, -0.1) is 0 Å². The highest BCUT2D eigenvalue weighted by Crippen LogP contribution is 2.35. The van der Waals surface area contributed by atoms with E-state index in [1.165, 1.54) is 0 Å². The van der Waals surface area contributed by atoms with Crippen molar-refractivity contribution in [2.24, 2.45) is 0 Å². The van der Waals surface area contributed by atoms with E-state index >= 15 is 0 Å². The van der Waals surface area contributed by atoms with E-state index in [0.717, 1.165) is 59.1 Å². The molecule has 150 valence electrons. The minimum absolute atomic E-state index is 0.123. The smallest absolute Gasteiger partial charge is 0.305 e. The number of unbranched alkanes of at least 4 members (excludes halogenated alkanes) is 2. The van der Waals surface area contributed by atoms with Crippen molar-refractivity contribution in [1.82, 2.24) is 4.57 Å². The Morgan fingerprint density at radius 2 is 2.00 bits per heavy atom. The number of nitriles is 1. The first-order valence-corrected chi connectivity index (χ1v) is 10.1. The molecule has 0 saturated carbocycles. The van der Waals surface area contributed by atoms with Crippen molar-refractivity contribution < 1.29 is 9.53 Å². The maximum absolute atomic E-state index is 11.5. The molecule has 0 aliphatic rings. The molecule has 3 rings (SSSR count). The fourth-order valence-electron chi connectivity index (χ4n) is 3.67. The zero-order valence-corrected chi connectivity index (χ0v) is 17.1. The van der Waals surface area contributed by atoms with Crippen LogP contribution in [0.2, 0.25) is 0 Å². The van der Waals surface area contributed by atoms with Crippen LogP contribution >= 0.6 is 0 Å². The van der Waals surface area contributed by atoms with Gasteiger partial charge in [0.15, 0.2) is 0 Å². The Morgan fingerprint density at radius 1 is 1.17 bits per heavy atom. The largest absolute Gasteiger partial charge is 0.466 e. The van der Waals surface area contributed by atoms with Crippen molar-refractivity contribution in [1.29, 1.82) is 5.26 Å². The summed E-state index contributed by atoms with van der Waals surface area (Å²) in [6.45, 7) is 5.14. The van der Waals surface area contributed by atoms with Crippen molar-refractivity contribution in [2.75, 3.05) is 12.3 Å². The van der Waals surface area contributed by atoms with E-state index in [9.17, 15) is 10.1 Å². The predicted octanol–water partition coefficient (Wildman–Crippen LogP) is 5.19. The molecule has 0 amide bonds. The molecule has 29 heavy (non-hydrogen) atoms. The molecule has 3 aromatic rings. The number of esters is 1. The molecular formula is C24H27N3O2. The fraction of sp³-hybridized carbons (Fsp3) is 0.333. The highest BCUT2D eigenvalue weighted by atomic mass is 16.5. The zero-order chi connectivity index (χ0) is 20.8. The standard InChI is InChI=1S/C24H27N3O2/c1-3-29-24(28)10-5-4-6-13-27-16-21(19-8-7-9-22(26)17(19)2)20-14-18(15-25)11-12-23(20)27/h7-9,11-12,14,16H,3-6,10,13,26H2,1-2H3. The molecule has 0 unspecified atom stereocenters. The topological polar surface area (TPSA) is 81.0 Å². The van der Waals surface area contributed by atoms with Gasteiger partial charge in [-0.05, 0) is 62.1 Å². The number of carbonyl (C=O) groups excluding carboxylic acids is 1. The number of benzene rings is 2. The molecule has 0 saturated heterocycles. The number of carbonyl (C=O) groups is 1. The summed E-state index contributed by atoms with van der Waals surface area (Å²) in [5, 5.41) is 10.4. The molecular weight excluding hydrogens is 362 g/mol. The van der Waals surface area contributed by atoms with Crippen LogP contribution in [0.1, 0.15) is 43.7 Å². The molecule has 2 N–H and O–H groups in total. The highest BCUT2D eigenvalue weighted by Gasteiger charge is 2.14. The van der Waals surface area contributed by atoms with Crippen molar-refractivity contribution in [3.63, 3.8) is 0 Å². The van der Waals surface area contributed by atoms with Gasteiger partial charge in [0, 0.05) is 41.3 Å². The molecule has 0 fully saturated rings. The van der Waals surface area contributed by atoms with Crippen molar-refractivity contribution in [2.45, 2.75) is 46.1 Å². The van der Waals surface area contributed by atoms with Gasteiger partial charge in [0.2, 0.25) is 0 Å². The maximum atomic E-state index is 11.5. The summed E-state index contributed by atoms with van der Waals surface area (Å²) in [6.07, 6.45) is 5.39. The van der Waals surface area contributed by atoms with E-state index in [2.05, 4.69) is 22.9 Å². The Labute approximate surface area is 171 Å². The lowest BCUT2D eigenvalue weighted by atomic mass is 9.98. The normalized spacial score (nSPS) is 10.8. The quantitative estimate of drug-likeness (QED) is 0.326. The van der Waals surface area contributed by atoms with Crippen LogP contribution in [-0.2, 0) is 16.1 Å². The summed E-state index contributed by atoms with van der Waals surface area (Å²) in [7, 11) is 0. The Balaban J connectivity index is 1.84. The third-order valence-electron chi connectivity index (χ3n) is 5.26. The summed E-state index contributed by atoms with van der Waals surface area (Å²) in [4.78, 5) is 11.5. The van der Waals surface area contributed by atoms with Gasteiger partial charge >= 0.3 is 5.97 Å². The molecule has 0 atom stereocenters. The molecule has 5 nitrogen and oxygen atoms in total. The van der Waals surface area contributed by atoms with Crippen LogP contribution in [0.5, 0.6) is 0 Å². The van der Waals surface area contributed by atoms with Crippen LogP contribution in [0.3, 0.4) is 0 Å². The SMILES string of the molecule is CCOC(=O)CCCCCn1cc(-c2cccc(N)c2C)c2cc(C#N)ccc21. The van der Waals surface area contributed by atoms with E-state index in [1.54, 1.807) is 0 Å². The number of hydrogen-bond acceptors (Lipinski definition) is 4. The van der Waals surface area contributed by atoms with E-state index < -0.39 is 0 Å². The molecule has 0 radical (unpaired) electrons. The van der Waals surface area contributed by atoms with Gasteiger partial charge in [-0.3, -0.25) is 4.79 Å². The molecule has 0 bridgehead atoms. The highest BCUT2D eigenvalue weighted by molar-refractivity contribution is 5.98. The zero-order valence-electron chi connectivity index (χ0n) is 17.1. The van der Waals surface area contributed by atoms with Crippen LogP contribution in [0.4, 0.5) is 5.69 Å². The lowest BCUT2D eigenvalue weighted by molar-refractivity contribution is -0.143. The first-order chi connectivity index (χ1) is 14.0. The first-order valence-electron chi connectivity index (χ1n) is 10.1. The van der Waals surface area contributed by atoms with Crippen LogP contribution in [0.15, 0.2) is 42.6 Å². The van der Waals surface area contributed by atoms with E-state index in [-0.39, 0.29) is 5.97 Å². The number of nitrogen functional groups attached to an aromatic ring is 1. The Kier molecular flexibility index (Phi) is 6.56. The van der Waals surface area contributed by atoms with Crippen LogP contribution in [0, 0.1) is 18.3 Å². The second kappa shape index (κ2) is 9.29. The predicted molar refractivity (Wildman–Crippen MR) is 116 cm³/mol. The van der Waals surface area contributed by atoms with Crippen molar-refractivity contribution in [3.05, 3.63) is 53.7 Å². The Morgan fingerprint density at radius 3 is 2.76 bits per heavy atom. The summed E-state index contributed by atoms with van der Waals surface area (Å²) in [6, 6.07) is 14.0. The summed E-state index contributed by atoms with van der Waals surface area (Å²) < 4.78 is 7.21. The number of fused-ring (bicyclic) bond motifs is 1. The minimum Gasteiger partial charge on any atom is -0.466 e. The fourth-order valence-corrected chi connectivity index (χ4v) is 3.67. The molecule has 2 aromatic carbocycles. The molecule has 0 aliphatic heterocycles. The van der Waals surface area contributed by atoms with Crippen molar-refractivity contribution >= 4 is 22.6 Å². The third-order valence-corrected chi connectivity index (χ3v) is 5.26. The average Bonchev–Trinajstić information content (AvgIpc) is 3.07. The summed E-state index contributed by atoms with van der Waals surface area (Å²) in [5.74, 6) is -0.123. The number of anilines is 1. The Bertz CT molecular complexity index is 1060. The maximum Gasteiger partial charge on any atom is 0.305 e. The minimum atomic E-state index is -0.123. The Hall–Kier alpha value is -3.26. The lowest BCUT2D eigenvalue weighted by Crippen LogP contribution is -2.03. The molecule has 1 heterocycles. The number of nitrogens with two attached hydrogens (primary N) is 1. The lowest BCUT2D eigenvalue weighted by Gasteiger charge is -2.07. The van der Waals surface area contributed by atoms with Gasteiger partial charge in [0.25, 0.3) is 0 Å². The van der Waals surface area contributed by atoms with Gasteiger partial charge in [0.1, 0.15) is 0 Å². The number of aromatic nitrogens is 1. The molecule has 0 spiro atoms. The first kappa shape index (κ1) is 20.5. The number of rotatable bonds is 8. The number of hydrogen-bond donors (Lipinski definition) is 1. The van der Waals surface area contributed by atoms with Gasteiger partial charge in [-0.1, -0.05) is 18.6 Å². The van der Waals surface area contributed by atoms with Crippen LogP contribution < -0.4 is 5.73 Å². The van der Waals surface area contributed by atoms with Gasteiger partial charge in [-0.2, -0.15) is 5.26 Å². The van der Waals surface area contributed by atoms with Crippen LogP contribution in [0.25, 0.3) is 22.0 Å². The van der Waals surface area contributed by atoms with Crippen LogP contribution in [-0.4, -0.2) is 17.1 Å². The van der Waals surface area contributed by atoms with E-state index in [1.807, 2.05) is 44.2 Å². The number of aryl methyl sites for hydroxylation is 1. The van der Waals surface area contributed by atoms with Gasteiger partial charge in [0.05, 0.1) is 18.2 Å². The average molecular weight is 389 g/mol. The third kappa shape index (κ3) is 4.60. The molecule has 5 heteroatoms. The van der Waals surface area contributed by atoms with E-state index in [0.29, 0.717) is 18.6 Å². The summed E-state index contributed by atoms with van der Waals surface area (Å²) >= 11 is 0. The number of nitrogens with zero attached hydrogens (tertiary/aromatic N) is 2. The monoisotopic (exact) mass is 389 g/mol.